The number of likely N-dealkylation sites (N-methyl/N-ethyl adjacent to an activating group) is 1. The molecule has 0 heterocycles. The van der Waals surface area contributed by atoms with E-state index in [1.54, 1.807) is 0 Å². The van der Waals surface area contributed by atoms with Crippen LogP contribution in [0, 0.1) is 0 Å². The van der Waals surface area contributed by atoms with Crippen LogP contribution in [0.3, 0.4) is 0 Å². The molecule has 0 saturated carbocycles. The summed E-state index contributed by atoms with van der Waals surface area (Å²) in [5, 5.41) is 3.00. The molecule has 380 valence electrons. The van der Waals surface area contributed by atoms with Crippen molar-refractivity contribution in [1.29, 1.82) is 0 Å². The summed E-state index contributed by atoms with van der Waals surface area (Å²) >= 11 is 0. The van der Waals surface area contributed by atoms with Gasteiger partial charge < -0.3 is 28.5 Å². The van der Waals surface area contributed by atoms with E-state index in [9.17, 15) is 19.0 Å². The molecule has 0 spiro atoms. The lowest BCUT2D eigenvalue weighted by Gasteiger charge is -2.30. The van der Waals surface area contributed by atoms with Crippen LogP contribution in [0.1, 0.15) is 239 Å². The number of amides is 1. The number of unbranched alkanes of at least 4 members (excludes halogenated alkanes) is 28. The zero-order chi connectivity index (χ0) is 48.0. The Bertz CT molecular complexity index is 1260. The average molecular weight is 935 g/mol. The van der Waals surface area contributed by atoms with E-state index in [0.717, 1.165) is 77.0 Å². The topological polar surface area (TPSA) is 114 Å². The highest BCUT2D eigenvalue weighted by atomic mass is 31.2. The highest BCUT2D eigenvalue weighted by Crippen LogP contribution is 2.38. The minimum atomic E-state index is -4.69. The first-order valence-corrected chi connectivity index (χ1v) is 28.4. The lowest BCUT2D eigenvalue weighted by atomic mass is 10.0. The van der Waals surface area contributed by atoms with Crippen molar-refractivity contribution in [3.8, 4) is 0 Å². The molecule has 65 heavy (non-hydrogen) atoms. The van der Waals surface area contributed by atoms with E-state index in [1.165, 1.54) is 122 Å². The number of hydrogen-bond donors (Lipinski definition) is 1. The highest BCUT2D eigenvalue weighted by molar-refractivity contribution is 7.45. The van der Waals surface area contributed by atoms with Crippen LogP contribution in [0.4, 0.5) is 0 Å². The normalized spacial score (nSPS) is 14.3. The number of hydrogen-bond acceptors (Lipinski definition) is 7. The Kier molecular flexibility index (Phi) is 44.3. The van der Waals surface area contributed by atoms with Crippen molar-refractivity contribution in [3.05, 3.63) is 48.6 Å². The smallest absolute Gasteiger partial charge is 0.306 e. The second-order valence-electron chi connectivity index (χ2n) is 19.4. The second kappa shape index (κ2) is 45.7. The highest BCUT2D eigenvalue weighted by Gasteiger charge is 2.27. The van der Waals surface area contributed by atoms with Gasteiger partial charge in [0.15, 0.2) is 0 Å². The molecule has 0 aromatic carbocycles. The van der Waals surface area contributed by atoms with Crippen LogP contribution in [-0.2, 0) is 27.9 Å². The summed E-state index contributed by atoms with van der Waals surface area (Å²) in [7, 11) is 1.17. The molecule has 0 radical (unpaired) electrons. The Hall–Kier alpha value is -2.03. The number of phosphoric ester groups is 1. The van der Waals surface area contributed by atoms with Gasteiger partial charge in [0.2, 0.25) is 5.91 Å². The number of esters is 1. The van der Waals surface area contributed by atoms with Crippen molar-refractivity contribution in [2.75, 3.05) is 40.9 Å². The summed E-state index contributed by atoms with van der Waals surface area (Å²) in [4.78, 5) is 39.7. The number of nitrogens with one attached hydrogen (secondary N) is 1. The van der Waals surface area contributed by atoms with Gasteiger partial charge in [0.05, 0.1) is 33.8 Å². The molecular formula is C55H103N2O7P. The fourth-order valence-electron chi connectivity index (χ4n) is 7.64. The van der Waals surface area contributed by atoms with Crippen LogP contribution >= 0.6 is 7.82 Å². The van der Waals surface area contributed by atoms with Gasteiger partial charge in [-0.1, -0.05) is 224 Å². The van der Waals surface area contributed by atoms with Gasteiger partial charge in [-0.15, -0.1) is 0 Å². The Morgan fingerprint density at radius 1 is 0.554 bits per heavy atom. The SMILES string of the molecule is CC/C=C/C=C/C=C\CCCCCCCC(=O)NC(COP(=O)([O-])OCC[N+](C)(C)C)C(/C=C/CCCCCCCCCCC)OC(=O)CCCCCCCCCCCCCCCCC. The third kappa shape index (κ3) is 46.9. The first kappa shape index (κ1) is 63.0. The van der Waals surface area contributed by atoms with Crippen LogP contribution in [-0.4, -0.2) is 69.4 Å². The maximum absolute atomic E-state index is 13.4. The third-order valence-corrected chi connectivity index (χ3v) is 12.8. The van der Waals surface area contributed by atoms with Crippen molar-refractivity contribution in [2.24, 2.45) is 0 Å². The van der Waals surface area contributed by atoms with Gasteiger partial charge in [0.25, 0.3) is 7.82 Å². The summed E-state index contributed by atoms with van der Waals surface area (Å²) in [5.41, 5.74) is 0. The maximum Gasteiger partial charge on any atom is 0.306 e. The molecule has 9 nitrogen and oxygen atoms in total. The molecule has 0 aliphatic rings. The third-order valence-electron chi connectivity index (χ3n) is 11.8. The minimum Gasteiger partial charge on any atom is -0.756 e. The second-order valence-corrected chi connectivity index (χ2v) is 20.8. The minimum absolute atomic E-state index is 0.0262. The lowest BCUT2D eigenvalue weighted by Crippen LogP contribution is -2.47. The van der Waals surface area contributed by atoms with Crippen molar-refractivity contribution >= 4 is 19.7 Å². The van der Waals surface area contributed by atoms with E-state index in [1.807, 2.05) is 39.4 Å². The van der Waals surface area contributed by atoms with Gasteiger partial charge in [0.1, 0.15) is 19.3 Å². The fraction of sp³-hybridized carbons (Fsp3) is 0.818. The summed E-state index contributed by atoms with van der Waals surface area (Å²) in [6, 6.07) is -0.894. The molecule has 0 fully saturated rings. The number of nitrogens with zero attached hydrogens (tertiary/aromatic N) is 1. The van der Waals surface area contributed by atoms with Crippen molar-refractivity contribution in [3.63, 3.8) is 0 Å². The Labute approximate surface area is 401 Å². The average Bonchev–Trinajstić information content (AvgIpc) is 3.26. The molecule has 0 aromatic heterocycles. The van der Waals surface area contributed by atoms with Gasteiger partial charge in [-0.2, -0.15) is 0 Å². The first-order chi connectivity index (χ1) is 31.4. The molecule has 0 bridgehead atoms. The van der Waals surface area contributed by atoms with E-state index in [2.05, 4.69) is 56.5 Å². The van der Waals surface area contributed by atoms with Gasteiger partial charge in [-0.3, -0.25) is 14.2 Å². The molecule has 0 aromatic rings. The Balaban J connectivity index is 5.39. The Morgan fingerprint density at radius 2 is 0.985 bits per heavy atom. The summed E-state index contributed by atoms with van der Waals surface area (Å²) in [6.45, 7) is 6.68. The number of phosphoric acid groups is 1. The quantitative estimate of drug-likeness (QED) is 0.0161. The van der Waals surface area contributed by atoms with Gasteiger partial charge in [-0.05, 0) is 51.0 Å². The predicted octanol–water partition coefficient (Wildman–Crippen LogP) is 15.1. The number of carbonyl (C=O) groups is 2. The number of ether oxygens (including phenoxy) is 1. The largest absolute Gasteiger partial charge is 0.756 e. The zero-order valence-electron chi connectivity index (χ0n) is 43.2. The van der Waals surface area contributed by atoms with Crippen molar-refractivity contribution in [2.45, 2.75) is 251 Å². The van der Waals surface area contributed by atoms with Crippen LogP contribution in [0.25, 0.3) is 0 Å². The Morgan fingerprint density at radius 3 is 1.46 bits per heavy atom. The van der Waals surface area contributed by atoms with E-state index in [4.69, 9.17) is 13.8 Å². The van der Waals surface area contributed by atoms with Crippen LogP contribution in [0.5, 0.6) is 0 Å². The molecule has 1 N–H and O–H groups in total. The molecule has 1 amide bonds. The molecule has 0 saturated heterocycles. The van der Waals surface area contributed by atoms with Crippen LogP contribution in [0.15, 0.2) is 48.6 Å². The predicted molar refractivity (Wildman–Crippen MR) is 275 cm³/mol. The number of allylic oxidation sites excluding steroid dienone is 7. The van der Waals surface area contributed by atoms with Gasteiger partial charge >= 0.3 is 5.97 Å². The van der Waals surface area contributed by atoms with Crippen LogP contribution in [0.2, 0.25) is 0 Å². The standard InChI is InChI=1S/C55H103N2O7P/c1-7-10-13-16-19-22-25-27-28-30-33-36-39-42-45-48-55(59)64-53(46-43-40-37-34-31-24-21-18-15-12-9-3)52(51-63-65(60,61)62-50-49-57(4,5)6)56-54(58)47-44-41-38-35-32-29-26-23-20-17-14-11-8-2/h11,14,17,20,23,26,43,46,52-53H,7-10,12-13,15-16,18-19,21-22,24-25,27-42,44-45,47-51H2,1-6H3,(H-,56,58,60,61)/b14-11+,20-17+,26-23-,46-43+. The molecule has 0 aliphatic heterocycles. The maximum atomic E-state index is 13.4. The molecular weight excluding hydrogens is 832 g/mol. The fourth-order valence-corrected chi connectivity index (χ4v) is 8.36. The first-order valence-electron chi connectivity index (χ1n) is 27.0. The molecule has 3 unspecified atom stereocenters. The molecule has 3 atom stereocenters. The number of quaternary nitrogens is 1. The van der Waals surface area contributed by atoms with E-state index >= 15 is 0 Å². The van der Waals surface area contributed by atoms with E-state index < -0.39 is 26.6 Å². The summed E-state index contributed by atoms with van der Waals surface area (Å²) in [5.74, 6) is -0.562. The lowest BCUT2D eigenvalue weighted by molar-refractivity contribution is -0.870. The zero-order valence-corrected chi connectivity index (χ0v) is 44.1. The number of rotatable bonds is 48. The number of carbonyl (C=O) groups excluding carboxylic acids is 2. The molecule has 0 rings (SSSR count). The van der Waals surface area contributed by atoms with E-state index in [-0.39, 0.29) is 24.9 Å². The van der Waals surface area contributed by atoms with Gasteiger partial charge in [0, 0.05) is 12.8 Å². The van der Waals surface area contributed by atoms with E-state index in [0.29, 0.717) is 23.9 Å². The summed E-state index contributed by atoms with van der Waals surface area (Å²) < 4.78 is 30.1. The van der Waals surface area contributed by atoms with Crippen LogP contribution < -0.4 is 10.2 Å². The monoisotopic (exact) mass is 935 g/mol. The molecule has 0 aliphatic carbocycles. The summed E-state index contributed by atoms with van der Waals surface area (Å²) in [6.07, 6.45) is 53.6. The van der Waals surface area contributed by atoms with Gasteiger partial charge in [-0.25, -0.2) is 0 Å². The van der Waals surface area contributed by atoms with Crippen molar-refractivity contribution < 1.29 is 37.3 Å². The molecule has 10 heteroatoms. The van der Waals surface area contributed by atoms with Crippen molar-refractivity contribution in [1.82, 2.24) is 5.32 Å².